The van der Waals surface area contributed by atoms with Crippen molar-refractivity contribution in [1.29, 1.82) is 0 Å². The molecule has 0 radical (unpaired) electrons. The number of thioether (sulfide) groups is 1. The normalized spacial score (nSPS) is 12.4. The molecule has 10 nitrogen and oxygen atoms in total. The summed E-state index contributed by atoms with van der Waals surface area (Å²) in [4.78, 5) is 53.7. The van der Waals surface area contributed by atoms with Crippen molar-refractivity contribution in [2.24, 2.45) is 5.92 Å². The molecule has 0 fully saturated rings. The van der Waals surface area contributed by atoms with Crippen molar-refractivity contribution in [3.05, 3.63) is 69.7 Å². The Morgan fingerprint density at radius 2 is 1.85 bits per heavy atom. The first-order valence-corrected chi connectivity index (χ1v) is 14.8. The fourth-order valence-electron chi connectivity index (χ4n) is 4.16. The average Bonchev–Trinajstić information content (AvgIpc) is 3.61. The summed E-state index contributed by atoms with van der Waals surface area (Å²) in [6.07, 6.45) is 2.70. The largest absolute Gasteiger partial charge is 0.464 e. The number of esters is 2. The Kier molecular flexibility index (Phi) is 11.9. The summed E-state index contributed by atoms with van der Waals surface area (Å²) >= 11 is 2.48. The molecule has 3 aromatic rings. The molecule has 0 aliphatic carbocycles. The second-order valence-electron chi connectivity index (χ2n) is 8.90. The van der Waals surface area contributed by atoms with Crippen LogP contribution in [-0.4, -0.2) is 68.9 Å². The van der Waals surface area contributed by atoms with Gasteiger partial charge in [0.2, 0.25) is 5.91 Å². The van der Waals surface area contributed by atoms with Crippen LogP contribution in [-0.2, 0) is 36.8 Å². The lowest BCUT2D eigenvalue weighted by Crippen LogP contribution is -2.43. The Morgan fingerprint density at radius 1 is 1.10 bits per heavy atom. The molecule has 1 aromatic carbocycles. The van der Waals surface area contributed by atoms with E-state index in [4.69, 9.17) is 4.74 Å². The zero-order chi connectivity index (χ0) is 29.1. The number of nitrogens with zero attached hydrogens (tertiary/aromatic N) is 4. The van der Waals surface area contributed by atoms with Crippen molar-refractivity contribution < 1.29 is 28.7 Å². The Hall–Kier alpha value is -3.51. The van der Waals surface area contributed by atoms with E-state index in [1.54, 1.807) is 17.9 Å². The molecule has 214 valence electrons. The third-order valence-corrected chi connectivity index (χ3v) is 8.21. The third-order valence-electron chi connectivity index (χ3n) is 6.11. The van der Waals surface area contributed by atoms with Crippen LogP contribution in [0, 0.1) is 5.92 Å². The van der Waals surface area contributed by atoms with Crippen molar-refractivity contribution in [3.63, 3.8) is 0 Å². The number of likely N-dealkylation sites (N-methyl/N-ethyl adjacent to an activating group) is 1. The number of methoxy groups -OCH3 is 1. The highest BCUT2D eigenvalue weighted by molar-refractivity contribution is 8.13. The molecular weight excluding hydrogens is 552 g/mol. The Balaban J connectivity index is 1.85. The molecule has 12 heteroatoms. The first-order valence-electron chi connectivity index (χ1n) is 13.0. The smallest absolute Gasteiger partial charge is 0.360 e. The van der Waals surface area contributed by atoms with E-state index in [1.807, 2.05) is 43.3 Å². The van der Waals surface area contributed by atoms with Gasteiger partial charge < -0.3 is 14.4 Å². The van der Waals surface area contributed by atoms with Gasteiger partial charge in [-0.25, -0.2) is 14.3 Å². The second-order valence-corrected chi connectivity index (χ2v) is 11.3. The number of rotatable bonds is 14. The van der Waals surface area contributed by atoms with E-state index in [-0.39, 0.29) is 29.9 Å². The van der Waals surface area contributed by atoms with Gasteiger partial charge in [0.05, 0.1) is 26.5 Å². The number of carbonyl (C=O) groups is 4. The van der Waals surface area contributed by atoms with Crippen LogP contribution in [0.15, 0.2) is 48.7 Å². The molecule has 2 atom stereocenters. The van der Waals surface area contributed by atoms with Crippen molar-refractivity contribution in [2.75, 3.05) is 26.0 Å². The fraction of sp³-hybridized carbons (Fsp3) is 0.429. The van der Waals surface area contributed by atoms with E-state index in [0.717, 1.165) is 22.2 Å². The van der Waals surface area contributed by atoms with Crippen LogP contribution in [0.1, 0.15) is 59.0 Å². The van der Waals surface area contributed by atoms with E-state index >= 15 is 0 Å². The summed E-state index contributed by atoms with van der Waals surface area (Å²) in [7, 11) is 1.27. The Labute approximate surface area is 242 Å². The van der Waals surface area contributed by atoms with Crippen LogP contribution >= 0.6 is 23.1 Å². The Bertz CT molecular complexity index is 1290. The van der Waals surface area contributed by atoms with Gasteiger partial charge in [0.1, 0.15) is 0 Å². The van der Waals surface area contributed by atoms with Gasteiger partial charge in [-0.1, -0.05) is 47.3 Å². The lowest BCUT2D eigenvalue weighted by Gasteiger charge is -2.32. The highest BCUT2D eigenvalue weighted by Crippen LogP contribution is 2.32. The molecule has 0 N–H and O–H groups in total. The number of aryl methyl sites for hydroxylation is 1. The maximum absolute atomic E-state index is 14.0. The predicted molar refractivity (Wildman–Crippen MR) is 153 cm³/mol. The maximum atomic E-state index is 14.0. The maximum Gasteiger partial charge on any atom is 0.360 e. The predicted octanol–water partition coefficient (Wildman–Crippen LogP) is 4.16. The van der Waals surface area contributed by atoms with Gasteiger partial charge in [-0.3, -0.25) is 9.59 Å². The molecule has 2 heterocycles. The Morgan fingerprint density at radius 3 is 2.50 bits per heavy atom. The molecule has 0 saturated carbocycles. The van der Waals surface area contributed by atoms with E-state index in [9.17, 15) is 19.2 Å². The minimum Gasteiger partial charge on any atom is -0.464 e. The van der Waals surface area contributed by atoms with Crippen LogP contribution in [0.25, 0.3) is 0 Å². The summed E-state index contributed by atoms with van der Waals surface area (Å²) < 4.78 is 11.6. The molecule has 40 heavy (non-hydrogen) atoms. The number of hydrogen-bond acceptors (Lipinski definition) is 10. The van der Waals surface area contributed by atoms with E-state index < -0.39 is 23.9 Å². The van der Waals surface area contributed by atoms with Gasteiger partial charge in [-0.15, -0.1) is 16.4 Å². The number of thiophene rings is 1. The number of amides is 1. The summed E-state index contributed by atoms with van der Waals surface area (Å²) in [5.41, 5.74) is 1.20. The molecule has 0 spiro atoms. The van der Waals surface area contributed by atoms with Crippen LogP contribution in [0.3, 0.4) is 0 Å². The minimum absolute atomic E-state index is 0.0612. The van der Waals surface area contributed by atoms with Gasteiger partial charge in [0.15, 0.2) is 16.9 Å². The van der Waals surface area contributed by atoms with Gasteiger partial charge >= 0.3 is 11.9 Å². The molecule has 1 amide bonds. The first kappa shape index (κ1) is 31.0. The lowest BCUT2D eigenvalue weighted by molar-refractivity contribution is -0.156. The fourth-order valence-corrected chi connectivity index (χ4v) is 6.01. The number of hydrogen-bond donors (Lipinski definition) is 0. The minimum atomic E-state index is -0.931. The SMILES string of the molecule is CCOC(=O)C(c1ccc(Cn2cc(C(=O)OC)nn2)s1)N(CC)C(=O)C(CCc1ccccc1)CSC(C)=O. The summed E-state index contributed by atoms with van der Waals surface area (Å²) in [6.45, 7) is 5.81. The summed E-state index contributed by atoms with van der Waals surface area (Å²) in [5.74, 6) is -1.42. The highest BCUT2D eigenvalue weighted by atomic mass is 32.2. The van der Waals surface area contributed by atoms with Gasteiger partial charge in [0, 0.05) is 34.9 Å². The first-order chi connectivity index (χ1) is 19.3. The molecule has 2 unspecified atom stereocenters. The standard InChI is InChI=1S/C28H34N4O6S2/c1-5-32(26(34)21(18-39-19(3)33)13-12-20-10-8-7-9-11-20)25(28(36)38-6-2)24-15-14-22(40-24)16-31-17-23(29-30-31)27(35)37-4/h7-11,14-15,17,21,25H,5-6,12-13,16,18H2,1-4H3. The highest BCUT2D eigenvalue weighted by Gasteiger charge is 2.36. The van der Waals surface area contributed by atoms with Crippen LogP contribution in [0.2, 0.25) is 0 Å². The van der Waals surface area contributed by atoms with E-state index in [0.29, 0.717) is 30.0 Å². The topological polar surface area (TPSA) is 121 Å². The van der Waals surface area contributed by atoms with Crippen LogP contribution < -0.4 is 0 Å². The molecule has 0 aliphatic heterocycles. The third kappa shape index (κ3) is 8.49. The molecule has 0 bridgehead atoms. The zero-order valence-electron chi connectivity index (χ0n) is 23.1. The van der Waals surface area contributed by atoms with Gasteiger partial charge in [-0.2, -0.15) is 0 Å². The van der Waals surface area contributed by atoms with Crippen LogP contribution in [0.5, 0.6) is 0 Å². The number of benzene rings is 1. The number of ether oxygens (including phenoxy) is 2. The average molecular weight is 587 g/mol. The van der Waals surface area contributed by atoms with E-state index in [1.165, 1.54) is 36.2 Å². The van der Waals surface area contributed by atoms with Crippen molar-refractivity contribution in [3.8, 4) is 0 Å². The van der Waals surface area contributed by atoms with Crippen LogP contribution in [0.4, 0.5) is 0 Å². The van der Waals surface area contributed by atoms with E-state index in [2.05, 4.69) is 15.0 Å². The van der Waals surface area contributed by atoms with Gasteiger partial charge in [0.25, 0.3) is 0 Å². The summed E-state index contributed by atoms with van der Waals surface area (Å²) in [6, 6.07) is 12.6. The zero-order valence-corrected chi connectivity index (χ0v) is 24.7. The number of carbonyl (C=O) groups excluding carboxylic acids is 4. The quantitative estimate of drug-likeness (QED) is 0.256. The van der Waals surface area contributed by atoms with Crippen molar-refractivity contribution in [2.45, 2.75) is 46.2 Å². The molecule has 2 aromatic heterocycles. The molecular formula is C28H34N4O6S2. The lowest BCUT2D eigenvalue weighted by atomic mass is 9.98. The monoisotopic (exact) mass is 586 g/mol. The number of aromatic nitrogens is 3. The molecule has 3 rings (SSSR count). The summed E-state index contributed by atoms with van der Waals surface area (Å²) in [5, 5.41) is 7.73. The van der Waals surface area contributed by atoms with Crippen molar-refractivity contribution >= 4 is 46.1 Å². The second kappa shape index (κ2) is 15.3. The molecule has 0 aliphatic rings. The molecule has 0 saturated heterocycles. The van der Waals surface area contributed by atoms with Gasteiger partial charge in [-0.05, 0) is 44.4 Å². The van der Waals surface area contributed by atoms with Crippen molar-refractivity contribution in [1.82, 2.24) is 19.9 Å².